The molecule has 1 atom stereocenters. The maximum absolute atomic E-state index is 13.5. The zero-order valence-corrected chi connectivity index (χ0v) is 18.3. The van der Waals surface area contributed by atoms with Crippen molar-refractivity contribution in [2.45, 2.75) is 24.3 Å². The van der Waals surface area contributed by atoms with Crippen molar-refractivity contribution in [3.05, 3.63) is 82.8 Å². The van der Waals surface area contributed by atoms with Crippen molar-refractivity contribution >= 4 is 33.0 Å². The van der Waals surface area contributed by atoms with Gasteiger partial charge in [-0.2, -0.15) is 0 Å². The molecule has 1 unspecified atom stereocenters. The van der Waals surface area contributed by atoms with E-state index in [0.717, 1.165) is 5.56 Å². The van der Waals surface area contributed by atoms with E-state index >= 15 is 0 Å². The number of methoxy groups -OCH3 is 1. The van der Waals surface area contributed by atoms with Gasteiger partial charge in [0.05, 0.1) is 23.4 Å². The van der Waals surface area contributed by atoms with Gasteiger partial charge in [0.15, 0.2) is 0 Å². The Morgan fingerprint density at radius 1 is 1.09 bits per heavy atom. The number of hydrogen-bond donors (Lipinski definition) is 2. The molecule has 1 amide bonds. The van der Waals surface area contributed by atoms with E-state index in [1.54, 1.807) is 17.3 Å². The molecule has 9 heteroatoms. The second-order valence-electron chi connectivity index (χ2n) is 7.48. The summed E-state index contributed by atoms with van der Waals surface area (Å²) in [5.41, 5.74) is 2.32. The summed E-state index contributed by atoms with van der Waals surface area (Å²) < 4.78 is 33.5. The summed E-state index contributed by atoms with van der Waals surface area (Å²) >= 11 is 0. The molecule has 164 valence electrons. The van der Waals surface area contributed by atoms with Crippen LogP contribution in [-0.2, 0) is 16.4 Å². The minimum absolute atomic E-state index is 0.0237. The number of amides is 1. The molecule has 1 aliphatic heterocycles. The predicted molar refractivity (Wildman–Crippen MR) is 121 cm³/mol. The topological polar surface area (TPSA) is 107 Å². The zero-order chi connectivity index (χ0) is 22.9. The Hall–Kier alpha value is -3.72. The summed E-state index contributed by atoms with van der Waals surface area (Å²) in [5, 5.41) is 4.44. The fourth-order valence-corrected chi connectivity index (χ4v) is 5.62. The Morgan fingerprint density at radius 3 is 2.62 bits per heavy atom. The molecule has 32 heavy (non-hydrogen) atoms. The summed E-state index contributed by atoms with van der Waals surface area (Å²) in [5.74, 6) is -0.165. The lowest BCUT2D eigenvalue weighted by Gasteiger charge is -2.24. The van der Waals surface area contributed by atoms with Gasteiger partial charge in [0.1, 0.15) is 5.75 Å². The second kappa shape index (κ2) is 8.43. The van der Waals surface area contributed by atoms with Crippen LogP contribution in [0.5, 0.6) is 5.75 Å². The van der Waals surface area contributed by atoms with Crippen molar-refractivity contribution < 1.29 is 23.1 Å². The number of fused-ring (bicyclic) bond motifs is 1. The van der Waals surface area contributed by atoms with E-state index < -0.39 is 15.9 Å². The van der Waals surface area contributed by atoms with Gasteiger partial charge in [0.2, 0.25) is 0 Å². The number of nitrogens with zero attached hydrogens (tertiary/aromatic N) is 1. The van der Waals surface area contributed by atoms with Crippen molar-refractivity contribution in [1.29, 1.82) is 0 Å². The normalized spacial score (nSPS) is 15.2. The third kappa shape index (κ3) is 3.82. The molecule has 0 saturated heterocycles. The van der Waals surface area contributed by atoms with Crippen LogP contribution >= 0.6 is 0 Å². The molecule has 0 saturated carbocycles. The van der Waals surface area contributed by atoms with Gasteiger partial charge in [-0.15, -0.1) is 0 Å². The fraction of sp³-hybridized carbons (Fsp3) is 0.174. The number of hydrogen-bond acceptors (Lipinski definition) is 5. The first-order valence-corrected chi connectivity index (χ1v) is 11.4. The van der Waals surface area contributed by atoms with Crippen LogP contribution < -0.4 is 19.5 Å². The molecule has 3 aromatic carbocycles. The molecule has 0 bridgehead atoms. The highest BCUT2D eigenvalue weighted by Crippen LogP contribution is 2.36. The van der Waals surface area contributed by atoms with Gasteiger partial charge in [0, 0.05) is 33.8 Å². The first kappa shape index (κ1) is 21.5. The zero-order valence-electron chi connectivity index (χ0n) is 17.5. The first-order valence-electron chi connectivity index (χ1n) is 9.95. The molecule has 8 nitrogen and oxygen atoms in total. The summed E-state index contributed by atoms with van der Waals surface area (Å²) in [6.07, 6.45) is 0.624. The summed E-state index contributed by atoms with van der Waals surface area (Å²) in [6.45, 7) is 1.86. The van der Waals surface area contributed by atoms with Crippen LogP contribution in [0.15, 0.2) is 71.6 Å². The quantitative estimate of drug-likeness (QED) is 0.598. The Morgan fingerprint density at radius 2 is 1.88 bits per heavy atom. The third-order valence-electron chi connectivity index (χ3n) is 5.36. The molecule has 1 heterocycles. The standard InChI is InChI=1S/C23H21N3O5S/c1-15-12-16-6-3-4-9-21(16)26(15)32(29,30)19-8-5-7-17(13-19)23(27)24-20-14-18(25-28)10-11-22(20)31-2/h3-11,13-15H,12H2,1-2H3,(H,24,27)/p+1. The number of anilines is 2. The highest BCUT2D eigenvalue weighted by atomic mass is 32.2. The van der Waals surface area contributed by atoms with Gasteiger partial charge in [0.25, 0.3) is 21.6 Å². The molecule has 0 aliphatic carbocycles. The maximum Gasteiger partial charge on any atom is 0.264 e. The first-order chi connectivity index (χ1) is 15.3. The monoisotopic (exact) mass is 452 g/mol. The molecule has 4 rings (SSSR count). The van der Waals surface area contributed by atoms with Gasteiger partial charge >= 0.3 is 0 Å². The number of nitroso groups, excluding NO2 is 1. The summed E-state index contributed by atoms with van der Waals surface area (Å²) in [6, 6.07) is 17.5. The lowest BCUT2D eigenvalue weighted by molar-refractivity contribution is -0.379. The van der Waals surface area contributed by atoms with Gasteiger partial charge in [-0.05, 0) is 49.2 Å². The third-order valence-corrected chi connectivity index (χ3v) is 7.29. The molecular formula is C23H22N3O5S+. The van der Waals surface area contributed by atoms with Crippen LogP contribution in [0.2, 0.25) is 0 Å². The van der Waals surface area contributed by atoms with Crippen LogP contribution in [0.4, 0.5) is 17.1 Å². The van der Waals surface area contributed by atoms with E-state index in [4.69, 9.17) is 4.74 Å². The van der Waals surface area contributed by atoms with E-state index in [-0.39, 0.29) is 27.9 Å². The van der Waals surface area contributed by atoms with E-state index in [9.17, 15) is 18.1 Å². The van der Waals surface area contributed by atoms with Crippen molar-refractivity contribution in [1.82, 2.24) is 0 Å². The molecule has 0 radical (unpaired) electrons. The van der Waals surface area contributed by atoms with E-state index in [2.05, 4.69) is 5.32 Å². The van der Waals surface area contributed by atoms with Crippen LogP contribution in [0.3, 0.4) is 0 Å². The van der Waals surface area contributed by atoms with Gasteiger partial charge in [-0.25, -0.2) is 8.42 Å². The maximum atomic E-state index is 13.5. The lowest BCUT2D eigenvalue weighted by Crippen LogP contribution is -2.55. The molecule has 2 N–H and O–H groups in total. The average molecular weight is 453 g/mol. The van der Waals surface area contributed by atoms with Crippen molar-refractivity contribution in [2.24, 2.45) is 0 Å². The predicted octanol–water partition coefficient (Wildman–Crippen LogP) is 2.57. The van der Waals surface area contributed by atoms with Crippen LogP contribution in [0, 0.1) is 4.91 Å². The van der Waals surface area contributed by atoms with Crippen LogP contribution in [-0.4, -0.2) is 27.5 Å². The Kier molecular flexibility index (Phi) is 5.67. The Labute approximate surface area is 185 Å². The molecule has 0 fully saturated rings. The molecule has 0 aromatic heterocycles. The molecular weight excluding hydrogens is 430 g/mol. The Balaban J connectivity index is 1.66. The lowest BCUT2D eigenvalue weighted by atomic mass is 10.1. The fourth-order valence-electron chi connectivity index (χ4n) is 3.88. The number of para-hydroxylation sites is 1. The summed E-state index contributed by atoms with van der Waals surface area (Å²) in [4.78, 5) is 23.9. The molecule has 3 aromatic rings. The van der Waals surface area contributed by atoms with Crippen molar-refractivity contribution in [2.75, 3.05) is 16.7 Å². The molecule has 0 spiro atoms. The van der Waals surface area contributed by atoms with Crippen molar-refractivity contribution in [3.8, 4) is 5.75 Å². The van der Waals surface area contributed by atoms with Gasteiger partial charge in [-0.1, -0.05) is 24.3 Å². The number of carbonyl (C=O) groups excluding carboxylic acids is 1. The van der Waals surface area contributed by atoms with Gasteiger partial charge in [-0.3, -0.25) is 9.10 Å². The number of benzene rings is 3. The number of sulfonamides is 1. The Bertz CT molecular complexity index is 1310. The van der Waals surface area contributed by atoms with Gasteiger partial charge < -0.3 is 10.1 Å². The smallest absolute Gasteiger partial charge is 0.264 e. The van der Waals surface area contributed by atoms with E-state index in [0.29, 0.717) is 17.9 Å². The average Bonchev–Trinajstić information content (AvgIpc) is 3.15. The van der Waals surface area contributed by atoms with Crippen molar-refractivity contribution in [3.63, 3.8) is 0 Å². The highest BCUT2D eigenvalue weighted by Gasteiger charge is 2.36. The van der Waals surface area contributed by atoms with Crippen LogP contribution in [0.1, 0.15) is 22.8 Å². The van der Waals surface area contributed by atoms with E-state index in [1.165, 1.54) is 47.8 Å². The molecule has 1 aliphatic rings. The number of rotatable bonds is 6. The number of nitrogens with one attached hydrogen (secondary N) is 2. The number of ether oxygens (including phenoxy) is 1. The summed E-state index contributed by atoms with van der Waals surface area (Å²) in [7, 11) is -2.43. The largest absolute Gasteiger partial charge is 0.495 e. The minimum Gasteiger partial charge on any atom is -0.495 e. The second-order valence-corrected chi connectivity index (χ2v) is 9.30. The van der Waals surface area contributed by atoms with E-state index in [1.807, 2.05) is 25.1 Å². The van der Waals surface area contributed by atoms with Crippen LogP contribution in [0.25, 0.3) is 0 Å². The SMILES string of the molecule is COc1ccc([NH+]=O)cc1NC(=O)c1cccc(S(=O)(=O)N2c3ccccc3CC2C)c1. The highest BCUT2D eigenvalue weighted by molar-refractivity contribution is 7.92. The number of carbonyl (C=O) groups is 1. The minimum atomic E-state index is -3.88.